The molecule has 1 fully saturated rings. The average Bonchev–Trinajstić information content (AvgIpc) is 3.02. The lowest BCUT2D eigenvalue weighted by molar-refractivity contribution is -0.117. The normalized spacial score (nSPS) is 19.8. The van der Waals surface area contributed by atoms with Crippen LogP contribution in [-0.4, -0.2) is 30.2 Å². The van der Waals surface area contributed by atoms with Gasteiger partial charge >= 0.3 is 0 Å². The van der Waals surface area contributed by atoms with E-state index in [0.717, 1.165) is 35.7 Å². The van der Waals surface area contributed by atoms with Crippen LogP contribution in [0.3, 0.4) is 0 Å². The third kappa shape index (κ3) is 3.71. The van der Waals surface area contributed by atoms with Crippen molar-refractivity contribution >= 4 is 46.6 Å². The van der Waals surface area contributed by atoms with Crippen LogP contribution in [0.15, 0.2) is 47.4 Å². The Morgan fingerprint density at radius 1 is 1.15 bits per heavy atom. The summed E-state index contributed by atoms with van der Waals surface area (Å²) in [6, 6.07) is 13.1. The first kappa shape index (κ1) is 18.4. The van der Waals surface area contributed by atoms with Crippen LogP contribution in [0.1, 0.15) is 36.5 Å². The Hall–Kier alpha value is -1.98. The Labute approximate surface area is 168 Å². The number of carbonyl (C=O) groups is 2. The van der Waals surface area contributed by atoms with Crippen LogP contribution in [0.25, 0.3) is 0 Å². The molecule has 140 valence electrons. The van der Waals surface area contributed by atoms with Crippen LogP contribution in [0.4, 0.5) is 11.4 Å². The number of halogens is 1. The van der Waals surface area contributed by atoms with Gasteiger partial charge < -0.3 is 9.80 Å². The van der Waals surface area contributed by atoms with Crippen LogP contribution in [0, 0.1) is 0 Å². The average molecular weight is 401 g/mol. The SMILES string of the molecule is CC1CCN(C(=O)c2ccc(N3CCCC3=O)cc2)c2cc(Cl)ccc2S1. The maximum Gasteiger partial charge on any atom is 0.258 e. The first-order valence-electron chi connectivity index (χ1n) is 9.21. The van der Waals surface area contributed by atoms with E-state index in [2.05, 4.69) is 6.92 Å². The third-order valence-electron chi connectivity index (χ3n) is 5.04. The number of rotatable bonds is 2. The van der Waals surface area contributed by atoms with E-state index in [1.165, 1.54) is 0 Å². The molecule has 6 heteroatoms. The molecule has 0 bridgehead atoms. The zero-order valence-corrected chi connectivity index (χ0v) is 16.7. The molecule has 2 aromatic carbocycles. The molecule has 4 rings (SSSR count). The molecule has 0 saturated carbocycles. The molecule has 2 aliphatic heterocycles. The summed E-state index contributed by atoms with van der Waals surface area (Å²) >= 11 is 7.99. The molecule has 0 spiro atoms. The topological polar surface area (TPSA) is 40.6 Å². The maximum atomic E-state index is 13.2. The number of thioether (sulfide) groups is 1. The number of carbonyl (C=O) groups excluding carboxylic acids is 2. The lowest BCUT2D eigenvalue weighted by Gasteiger charge is -2.23. The summed E-state index contributed by atoms with van der Waals surface area (Å²) in [5, 5.41) is 1.07. The van der Waals surface area contributed by atoms with Gasteiger partial charge in [0, 0.05) is 45.9 Å². The number of amides is 2. The quantitative estimate of drug-likeness (QED) is 0.712. The molecular weight excluding hydrogens is 380 g/mol. The van der Waals surface area contributed by atoms with E-state index in [9.17, 15) is 9.59 Å². The van der Waals surface area contributed by atoms with Crippen molar-refractivity contribution in [3.8, 4) is 0 Å². The van der Waals surface area contributed by atoms with Crippen molar-refractivity contribution in [2.75, 3.05) is 22.9 Å². The smallest absolute Gasteiger partial charge is 0.258 e. The van der Waals surface area contributed by atoms with Crippen LogP contribution in [0.5, 0.6) is 0 Å². The molecule has 0 radical (unpaired) electrons. The number of hydrogen-bond acceptors (Lipinski definition) is 3. The van der Waals surface area contributed by atoms with Crippen molar-refractivity contribution in [1.29, 1.82) is 0 Å². The van der Waals surface area contributed by atoms with E-state index in [4.69, 9.17) is 11.6 Å². The molecule has 2 amide bonds. The molecule has 4 nitrogen and oxygen atoms in total. The molecule has 2 aliphatic rings. The van der Waals surface area contributed by atoms with Crippen molar-refractivity contribution in [3.05, 3.63) is 53.1 Å². The minimum Gasteiger partial charge on any atom is -0.312 e. The maximum absolute atomic E-state index is 13.2. The Morgan fingerprint density at radius 2 is 1.93 bits per heavy atom. The minimum absolute atomic E-state index is 0.0347. The molecule has 2 heterocycles. The van der Waals surface area contributed by atoms with E-state index in [-0.39, 0.29) is 11.8 Å². The van der Waals surface area contributed by atoms with Crippen molar-refractivity contribution in [2.24, 2.45) is 0 Å². The Balaban J connectivity index is 1.62. The standard InChI is InChI=1S/C21H21ClN2O2S/c1-14-10-12-24(18-13-16(22)6-9-19(18)27-14)21(26)15-4-7-17(8-5-15)23-11-2-3-20(23)25/h4-9,13-14H,2-3,10-12H2,1H3. The van der Waals surface area contributed by atoms with Crippen LogP contribution >= 0.6 is 23.4 Å². The Bertz CT molecular complexity index is 884. The van der Waals surface area contributed by atoms with Gasteiger partial charge in [0.2, 0.25) is 5.91 Å². The predicted octanol–water partition coefficient (Wildman–Crippen LogP) is 5.00. The molecule has 0 aromatic heterocycles. The molecule has 1 unspecified atom stereocenters. The van der Waals surface area contributed by atoms with Gasteiger partial charge in [-0.25, -0.2) is 0 Å². The number of nitrogens with zero attached hydrogens (tertiary/aromatic N) is 2. The number of hydrogen-bond donors (Lipinski definition) is 0. The van der Waals surface area contributed by atoms with Crippen molar-refractivity contribution < 1.29 is 9.59 Å². The second-order valence-electron chi connectivity index (χ2n) is 6.98. The zero-order valence-electron chi connectivity index (χ0n) is 15.2. The monoisotopic (exact) mass is 400 g/mol. The highest BCUT2D eigenvalue weighted by Crippen LogP contribution is 2.39. The lowest BCUT2D eigenvalue weighted by atomic mass is 10.1. The van der Waals surface area contributed by atoms with Gasteiger partial charge in [-0.1, -0.05) is 18.5 Å². The highest BCUT2D eigenvalue weighted by atomic mass is 35.5. The summed E-state index contributed by atoms with van der Waals surface area (Å²) in [4.78, 5) is 29.8. The summed E-state index contributed by atoms with van der Waals surface area (Å²) < 4.78 is 0. The summed E-state index contributed by atoms with van der Waals surface area (Å²) in [5.74, 6) is 0.115. The van der Waals surface area contributed by atoms with Crippen molar-refractivity contribution in [1.82, 2.24) is 0 Å². The largest absolute Gasteiger partial charge is 0.312 e. The summed E-state index contributed by atoms with van der Waals surface area (Å²) in [7, 11) is 0. The van der Waals surface area contributed by atoms with E-state index in [1.54, 1.807) is 16.7 Å². The van der Waals surface area contributed by atoms with Gasteiger partial charge in [-0.3, -0.25) is 9.59 Å². The number of benzene rings is 2. The van der Waals surface area contributed by atoms with Gasteiger partial charge in [0.1, 0.15) is 0 Å². The van der Waals surface area contributed by atoms with Crippen LogP contribution < -0.4 is 9.80 Å². The van der Waals surface area contributed by atoms with Gasteiger partial charge in [-0.15, -0.1) is 11.8 Å². The molecule has 1 atom stereocenters. The Kier molecular flexibility index (Phi) is 5.15. The highest BCUT2D eigenvalue weighted by molar-refractivity contribution is 8.00. The van der Waals surface area contributed by atoms with E-state index >= 15 is 0 Å². The van der Waals surface area contributed by atoms with Gasteiger partial charge in [-0.2, -0.15) is 0 Å². The van der Waals surface area contributed by atoms with Crippen LogP contribution in [0.2, 0.25) is 5.02 Å². The first-order chi connectivity index (χ1) is 13.0. The minimum atomic E-state index is -0.0347. The van der Waals surface area contributed by atoms with Crippen molar-refractivity contribution in [3.63, 3.8) is 0 Å². The van der Waals surface area contributed by atoms with Gasteiger partial charge in [0.15, 0.2) is 0 Å². The molecular formula is C21H21ClN2O2S. The summed E-state index contributed by atoms with van der Waals surface area (Å²) in [6.45, 7) is 3.59. The predicted molar refractivity (Wildman–Crippen MR) is 111 cm³/mol. The van der Waals surface area contributed by atoms with Gasteiger partial charge in [0.25, 0.3) is 5.91 Å². The van der Waals surface area contributed by atoms with Gasteiger partial charge in [0.05, 0.1) is 5.69 Å². The van der Waals surface area contributed by atoms with E-state index in [0.29, 0.717) is 28.8 Å². The second-order valence-corrected chi connectivity index (χ2v) is 8.90. The molecule has 0 N–H and O–H groups in total. The lowest BCUT2D eigenvalue weighted by Crippen LogP contribution is -2.32. The number of fused-ring (bicyclic) bond motifs is 1. The second kappa shape index (κ2) is 7.56. The van der Waals surface area contributed by atoms with Crippen LogP contribution in [-0.2, 0) is 4.79 Å². The fourth-order valence-electron chi connectivity index (χ4n) is 3.58. The third-order valence-corrected chi connectivity index (χ3v) is 6.52. The molecule has 27 heavy (non-hydrogen) atoms. The number of anilines is 2. The fraction of sp³-hybridized carbons (Fsp3) is 0.333. The van der Waals surface area contributed by atoms with Crippen molar-refractivity contribution in [2.45, 2.75) is 36.3 Å². The summed E-state index contributed by atoms with van der Waals surface area (Å²) in [6.07, 6.45) is 2.41. The first-order valence-corrected chi connectivity index (χ1v) is 10.5. The van der Waals surface area contributed by atoms with E-state index in [1.807, 2.05) is 47.4 Å². The van der Waals surface area contributed by atoms with E-state index < -0.39 is 0 Å². The Morgan fingerprint density at radius 3 is 2.63 bits per heavy atom. The zero-order chi connectivity index (χ0) is 19.0. The van der Waals surface area contributed by atoms with Gasteiger partial charge in [-0.05, 0) is 55.3 Å². The molecule has 2 aromatic rings. The fourth-order valence-corrected chi connectivity index (χ4v) is 4.84. The molecule has 0 aliphatic carbocycles. The highest BCUT2D eigenvalue weighted by Gasteiger charge is 2.26. The molecule has 1 saturated heterocycles. The summed E-state index contributed by atoms with van der Waals surface area (Å²) in [5.41, 5.74) is 2.36.